The van der Waals surface area contributed by atoms with Gasteiger partial charge in [-0.2, -0.15) is 0 Å². The van der Waals surface area contributed by atoms with Gasteiger partial charge in [-0.3, -0.25) is 9.59 Å². The van der Waals surface area contributed by atoms with Crippen LogP contribution in [0.3, 0.4) is 0 Å². The highest BCUT2D eigenvalue weighted by Crippen LogP contribution is 2.35. The number of hydrogen-bond donors (Lipinski definition) is 3. The maximum atomic E-state index is 14.1. The van der Waals surface area contributed by atoms with Crippen LogP contribution < -0.4 is 15.4 Å². The largest absolute Gasteiger partial charge is 0.506 e. The van der Waals surface area contributed by atoms with Gasteiger partial charge in [-0.1, -0.05) is 122 Å². The van der Waals surface area contributed by atoms with Crippen molar-refractivity contribution < 1.29 is 41.4 Å². The number of nitrogens with one attached hydrogen (secondary N) is 2. The summed E-state index contributed by atoms with van der Waals surface area (Å²) in [5.74, 6) is -14.5. The second kappa shape index (κ2) is 20.9. The Labute approximate surface area is 302 Å². The van der Waals surface area contributed by atoms with E-state index in [1.165, 1.54) is 70.6 Å². The molecule has 0 radical (unpaired) electrons. The molecular formula is C39H48ClF5N2O4. The minimum Gasteiger partial charge on any atom is -0.506 e. The van der Waals surface area contributed by atoms with Crippen molar-refractivity contribution in [2.24, 2.45) is 5.92 Å². The molecule has 12 heteroatoms. The van der Waals surface area contributed by atoms with Gasteiger partial charge in [0.25, 0.3) is 11.8 Å². The number of amides is 2. The Morgan fingerprint density at radius 1 is 0.725 bits per heavy atom. The van der Waals surface area contributed by atoms with Crippen LogP contribution >= 0.6 is 11.6 Å². The van der Waals surface area contributed by atoms with E-state index in [0.717, 1.165) is 37.0 Å². The van der Waals surface area contributed by atoms with Crippen molar-refractivity contribution in [2.45, 2.75) is 117 Å². The van der Waals surface area contributed by atoms with Crippen LogP contribution in [0, 0.1) is 35.0 Å². The highest BCUT2D eigenvalue weighted by molar-refractivity contribution is 6.34. The third-order valence-electron chi connectivity index (χ3n) is 8.62. The summed E-state index contributed by atoms with van der Waals surface area (Å²) in [6.07, 6.45) is 16.6. The minimum absolute atomic E-state index is 0.0844. The predicted molar refractivity (Wildman–Crippen MR) is 191 cm³/mol. The van der Waals surface area contributed by atoms with Gasteiger partial charge in [-0.05, 0) is 42.5 Å². The van der Waals surface area contributed by atoms with Crippen LogP contribution in [0.2, 0.25) is 5.02 Å². The zero-order valence-electron chi connectivity index (χ0n) is 29.5. The molecule has 0 aliphatic heterocycles. The quantitative estimate of drug-likeness (QED) is 0.0334. The van der Waals surface area contributed by atoms with Crippen LogP contribution in [0.4, 0.5) is 33.3 Å². The van der Waals surface area contributed by atoms with E-state index in [-0.39, 0.29) is 16.6 Å². The average Bonchev–Trinajstić information content (AvgIpc) is 3.09. The number of carbonyl (C=O) groups excluding carboxylic acids is 2. The fourth-order valence-corrected chi connectivity index (χ4v) is 5.92. The van der Waals surface area contributed by atoms with Gasteiger partial charge in [0.15, 0.2) is 29.4 Å². The number of benzene rings is 3. The van der Waals surface area contributed by atoms with Gasteiger partial charge in [0.05, 0.1) is 16.4 Å². The lowest BCUT2D eigenvalue weighted by Gasteiger charge is -2.23. The number of phenols is 1. The lowest BCUT2D eigenvalue weighted by molar-refractivity contribution is -0.124. The molecular weight excluding hydrogens is 691 g/mol. The molecule has 0 aliphatic carbocycles. The van der Waals surface area contributed by atoms with Crippen molar-refractivity contribution in [3.63, 3.8) is 0 Å². The van der Waals surface area contributed by atoms with E-state index < -0.39 is 64.0 Å². The number of halogens is 6. The Bertz CT molecular complexity index is 1590. The lowest BCUT2D eigenvalue weighted by Crippen LogP contribution is -2.37. The van der Waals surface area contributed by atoms with Crippen molar-refractivity contribution in [1.29, 1.82) is 0 Å². The van der Waals surface area contributed by atoms with Gasteiger partial charge in [0.1, 0.15) is 17.1 Å². The summed E-state index contributed by atoms with van der Waals surface area (Å²) in [7, 11) is 0. The first-order valence-corrected chi connectivity index (χ1v) is 18.1. The molecule has 2 amide bonds. The number of anilines is 2. The van der Waals surface area contributed by atoms with Gasteiger partial charge < -0.3 is 20.5 Å². The zero-order valence-corrected chi connectivity index (χ0v) is 30.2. The van der Waals surface area contributed by atoms with E-state index in [1.54, 1.807) is 19.9 Å². The van der Waals surface area contributed by atoms with Gasteiger partial charge >= 0.3 is 0 Å². The third-order valence-corrected chi connectivity index (χ3v) is 8.94. The summed E-state index contributed by atoms with van der Waals surface area (Å²) in [6, 6.07) is 9.47. The molecule has 0 fully saturated rings. The van der Waals surface area contributed by atoms with Gasteiger partial charge in [-0.25, -0.2) is 22.0 Å². The molecule has 3 aromatic carbocycles. The van der Waals surface area contributed by atoms with E-state index in [9.17, 15) is 36.6 Å². The first-order chi connectivity index (χ1) is 24.3. The number of rotatable bonds is 21. The Kier molecular flexibility index (Phi) is 17.0. The number of ether oxygens (including phenoxy) is 1. The molecule has 6 nitrogen and oxygen atoms in total. The van der Waals surface area contributed by atoms with E-state index in [2.05, 4.69) is 12.2 Å². The molecule has 1 unspecified atom stereocenters. The van der Waals surface area contributed by atoms with Crippen LogP contribution in [0.5, 0.6) is 11.5 Å². The third kappa shape index (κ3) is 12.4. The monoisotopic (exact) mass is 738 g/mol. The highest BCUT2D eigenvalue weighted by Gasteiger charge is 2.31. The highest BCUT2D eigenvalue weighted by atomic mass is 35.5. The molecule has 0 heterocycles. The molecule has 3 rings (SSSR count). The van der Waals surface area contributed by atoms with E-state index in [1.807, 2.05) is 23.5 Å². The van der Waals surface area contributed by atoms with Crippen molar-refractivity contribution in [3.05, 3.63) is 81.6 Å². The van der Waals surface area contributed by atoms with Crippen LogP contribution in [-0.2, 0) is 11.2 Å². The zero-order chi connectivity index (χ0) is 37.5. The molecule has 0 spiro atoms. The number of unbranched alkanes of at least 4 members (excludes halogenated alkanes) is 12. The summed E-state index contributed by atoms with van der Waals surface area (Å²) in [5.41, 5.74) is -1.25. The van der Waals surface area contributed by atoms with Crippen molar-refractivity contribution >= 4 is 34.8 Å². The standard InChI is InChI=1S/C39H48ClF5N2O4/c1-4-5-6-7-8-9-10-11-12-13-14-15-16-18-25-19-17-20-26(21-25)51-37(24(2)3)39(50)46-28-23-30(48)29(22-27(28)40)47-38(49)31-32(41)34(43)36(45)35(44)33(31)42/h17,19-24,37,48H,4-16,18H2,1-3H3,(H,46,50)(H,47,49). The van der Waals surface area contributed by atoms with Crippen LogP contribution in [0.15, 0.2) is 36.4 Å². The van der Waals surface area contributed by atoms with Crippen LogP contribution in [0.1, 0.15) is 120 Å². The summed E-state index contributed by atoms with van der Waals surface area (Å²) < 4.78 is 74.8. The van der Waals surface area contributed by atoms with Crippen molar-refractivity contribution in [1.82, 2.24) is 0 Å². The number of hydrogen-bond acceptors (Lipinski definition) is 4. The molecule has 1 atom stereocenters. The molecule has 0 aliphatic rings. The Balaban J connectivity index is 1.52. The minimum atomic E-state index is -2.42. The fraction of sp³-hybridized carbons (Fsp3) is 0.487. The van der Waals surface area contributed by atoms with Crippen LogP contribution in [-0.4, -0.2) is 23.0 Å². The SMILES string of the molecule is CCCCCCCCCCCCCCCc1cccc(OC(C(=O)Nc2cc(O)c(NC(=O)c3c(F)c(F)c(F)c(F)c3F)cc2Cl)C(C)C)c1. The first kappa shape index (κ1) is 41.6. The fourth-order valence-electron chi connectivity index (χ4n) is 5.71. The van der Waals surface area contributed by atoms with E-state index >= 15 is 0 Å². The summed E-state index contributed by atoms with van der Waals surface area (Å²) in [6.45, 7) is 5.82. The number of carbonyl (C=O) groups is 2. The molecule has 0 bridgehead atoms. The smallest absolute Gasteiger partial charge is 0.265 e. The Morgan fingerprint density at radius 3 is 1.80 bits per heavy atom. The van der Waals surface area contributed by atoms with E-state index in [0.29, 0.717) is 5.75 Å². The topological polar surface area (TPSA) is 87.7 Å². The summed E-state index contributed by atoms with van der Waals surface area (Å²) in [5, 5.41) is 14.7. The first-order valence-electron chi connectivity index (χ1n) is 17.8. The second-order valence-electron chi connectivity index (χ2n) is 13.2. The molecule has 3 aromatic rings. The maximum Gasteiger partial charge on any atom is 0.265 e. The van der Waals surface area contributed by atoms with Crippen LogP contribution in [0.25, 0.3) is 0 Å². The Hall–Kier alpha value is -3.86. The maximum absolute atomic E-state index is 14.1. The van der Waals surface area contributed by atoms with Gasteiger partial charge in [0.2, 0.25) is 5.82 Å². The predicted octanol–water partition coefficient (Wildman–Crippen LogP) is 11.7. The lowest BCUT2D eigenvalue weighted by atomic mass is 10.0. The van der Waals surface area contributed by atoms with E-state index in [4.69, 9.17) is 16.3 Å². The van der Waals surface area contributed by atoms with Gasteiger partial charge in [0, 0.05) is 6.07 Å². The number of phenolic OH excluding ortho intramolecular Hbond substituents is 1. The van der Waals surface area contributed by atoms with Crippen molar-refractivity contribution in [2.75, 3.05) is 10.6 Å². The number of aryl methyl sites for hydroxylation is 1. The molecule has 3 N–H and O–H groups in total. The normalized spacial score (nSPS) is 11.9. The molecule has 0 saturated heterocycles. The molecule has 280 valence electrons. The van der Waals surface area contributed by atoms with Gasteiger partial charge in [-0.15, -0.1) is 0 Å². The second-order valence-corrected chi connectivity index (χ2v) is 13.6. The molecule has 51 heavy (non-hydrogen) atoms. The summed E-state index contributed by atoms with van der Waals surface area (Å²) in [4.78, 5) is 25.7. The molecule has 0 saturated carbocycles. The Morgan fingerprint density at radius 2 is 1.25 bits per heavy atom. The average molecular weight is 739 g/mol. The number of aromatic hydroxyl groups is 1. The summed E-state index contributed by atoms with van der Waals surface area (Å²) >= 11 is 6.27. The van der Waals surface area contributed by atoms with Crippen molar-refractivity contribution in [3.8, 4) is 11.5 Å². The molecule has 0 aromatic heterocycles.